The van der Waals surface area contributed by atoms with E-state index in [1.165, 1.54) is 7.11 Å². The number of nitrogens with zero attached hydrogens (tertiary/aromatic N) is 3. The van der Waals surface area contributed by atoms with Crippen LogP contribution in [0.4, 0.5) is 26.4 Å². The Morgan fingerprint density at radius 2 is 1.63 bits per heavy atom. The van der Waals surface area contributed by atoms with Crippen LogP contribution in [0.2, 0.25) is 0 Å². The van der Waals surface area contributed by atoms with Gasteiger partial charge in [0.1, 0.15) is 11.6 Å². The molecule has 0 spiro atoms. The number of methoxy groups -OCH3 is 1. The van der Waals surface area contributed by atoms with Crippen LogP contribution in [0.15, 0.2) is 18.2 Å². The molecular weight excluding hydrogens is 256 g/mol. The predicted octanol–water partition coefficient (Wildman–Crippen LogP) is 1.94. The van der Waals surface area contributed by atoms with Crippen molar-refractivity contribution in [3.63, 3.8) is 0 Å². The maximum atomic E-state index is 13.1. The second-order valence-corrected chi connectivity index (χ2v) is 3.50. The van der Waals surface area contributed by atoms with E-state index >= 15 is 0 Å². The summed E-state index contributed by atoms with van der Waals surface area (Å²) in [4.78, 5) is 11.8. The standard InChI is InChI=1S/C11H11F2N5O/c1-14-9-16-10(18-11(17-9)19-2)15-8-4-6(12)3-7(13)5-8/h3-5H,1-2H3,(H2,14,15,16,17,18). The van der Waals surface area contributed by atoms with E-state index in [2.05, 4.69) is 25.6 Å². The molecule has 100 valence electrons. The fourth-order valence-electron chi connectivity index (χ4n) is 1.37. The van der Waals surface area contributed by atoms with Crippen LogP contribution in [0.3, 0.4) is 0 Å². The summed E-state index contributed by atoms with van der Waals surface area (Å²) < 4.78 is 31.0. The van der Waals surface area contributed by atoms with E-state index in [1.807, 2.05) is 0 Å². The third kappa shape index (κ3) is 3.24. The number of nitrogens with one attached hydrogen (secondary N) is 2. The number of benzene rings is 1. The first-order valence-electron chi connectivity index (χ1n) is 5.31. The van der Waals surface area contributed by atoms with Gasteiger partial charge < -0.3 is 15.4 Å². The van der Waals surface area contributed by atoms with Gasteiger partial charge in [-0.2, -0.15) is 15.0 Å². The monoisotopic (exact) mass is 267 g/mol. The highest BCUT2D eigenvalue weighted by molar-refractivity contribution is 5.54. The number of aromatic nitrogens is 3. The Labute approximate surface area is 107 Å². The summed E-state index contributed by atoms with van der Waals surface area (Å²) in [5, 5.41) is 5.39. The molecule has 0 radical (unpaired) electrons. The summed E-state index contributed by atoms with van der Waals surface area (Å²) in [5.74, 6) is -1.01. The molecule has 1 aromatic carbocycles. The number of halogens is 2. The van der Waals surface area contributed by atoms with Crippen LogP contribution in [-0.4, -0.2) is 29.1 Å². The minimum absolute atomic E-state index is 0.0822. The average molecular weight is 267 g/mol. The van der Waals surface area contributed by atoms with E-state index in [-0.39, 0.29) is 23.6 Å². The molecule has 0 amide bonds. The van der Waals surface area contributed by atoms with Crippen molar-refractivity contribution in [1.82, 2.24) is 15.0 Å². The molecule has 0 atom stereocenters. The van der Waals surface area contributed by atoms with Gasteiger partial charge in [0, 0.05) is 18.8 Å². The molecule has 0 aliphatic rings. The van der Waals surface area contributed by atoms with Gasteiger partial charge in [0.05, 0.1) is 7.11 Å². The smallest absolute Gasteiger partial charge is 0.322 e. The van der Waals surface area contributed by atoms with Crippen molar-refractivity contribution in [3.8, 4) is 6.01 Å². The highest BCUT2D eigenvalue weighted by atomic mass is 19.1. The minimum Gasteiger partial charge on any atom is -0.467 e. The number of rotatable bonds is 4. The van der Waals surface area contributed by atoms with Crippen molar-refractivity contribution in [3.05, 3.63) is 29.8 Å². The first-order valence-corrected chi connectivity index (χ1v) is 5.31. The molecule has 19 heavy (non-hydrogen) atoms. The zero-order valence-electron chi connectivity index (χ0n) is 10.2. The molecule has 0 saturated heterocycles. The molecule has 6 nitrogen and oxygen atoms in total. The largest absolute Gasteiger partial charge is 0.467 e. The molecule has 0 aliphatic heterocycles. The summed E-state index contributed by atoms with van der Waals surface area (Å²) in [5.41, 5.74) is 0.188. The van der Waals surface area contributed by atoms with Crippen LogP contribution in [0.5, 0.6) is 6.01 Å². The number of hydrogen-bond donors (Lipinski definition) is 2. The molecule has 0 saturated carbocycles. The lowest BCUT2D eigenvalue weighted by Gasteiger charge is -2.08. The van der Waals surface area contributed by atoms with Crippen molar-refractivity contribution in [1.29, 1.82) is 0 Å². The van der Waals surface area contributed by atoms with Gasteiger partial charge in [-0.05, 0) is 12.1 Å². The van der Waals surface area contributed by atoms with Crippen molar-refractivity contribution in [2.45, 2.75) is 0 Å². The van der Waals surface area contributed by atoms with Gasteiger partial charge >= 0.3 is 6.01 Å². The van der Waals surface area contributed by atoms with E-state index in [4.69, 9.17) is 4.74 Å². The van der Waals surface area contributed by atoms with Crippen LogP contribution >= 0.6 is 0 Å². The summed E-state index contributed by atoms with van der Waals surface area (Å²) in [7, 11) is 3.03. The first kappa shape index (κ1) is 12.9. The lowest BCUT2D eigenvalue weighted by atomic mass is 10.3. The Morgan fingerprint density at radius 1 is 1.00 bits per heavy atom. The lowest BCUT2D eigenvalue weighted by molar-refractivity contribution is 0.379. The maximum Gasteiger partial charge on any atom is 0.322 e. The Kier molecular flexibility index (Phi) is 3.69. The predicted molar refractivity (Wildman–Crippen MR) is 65.6 cm³/mol. The first-order chi connectivity index (χ1) is 9.10. The second kappa shape index (κ2) is 5.42. The zero-order valence-corrected chi connectivity index (χ0v) is 10.2. The molecule has 8 heteroatoms. The van der Waals surface area contributed by atoms with Gasteiger partial charge in [0.25, 0.3) is 0 Å². The van der Waals surface area contributed by atoms with E-state index in [0.717, 1.165) is 18.2 Å². The van der Waals surface area contributed by atoms with E-state index in [0.29, 0.717) is 0 Å². The number of hydrogen-bond acceptors (Lipinski definition) is 6. The molecule has 2 rings (SSSR count). The summed E-state index contributed by atoms with van der Waals surface area (Å²) in [6, 6.07) is 3.10. The SMILES string of the molecule is CNc1nc(Nc2cc(F)cc(F)c2)nc(OC)n1. The molecule has 2 N–H and O–H groups in total. The third-order valence-corrected chi connectivity index (χ3v) is 2.14. The van der Waals surface area contributed by atoms with Crippen LogP contribution in [0.25, 0.3) is 0 Å². The van der Waals surface area contributed by atoms with E-state index < -0.39 is 11.6 Å². The fraction of sp³-hybridized carbons (Fsp3) is 0.182. The Morgan fingerprint density at radius 3 is 2.21 bits per heavy atom. The Balaban J connectivity index is 2.31. The molecule has 1 heterocycles. The normalized spacial score (nSPS) is 10.1. The van der Waals surface area contributed by atoms with E-state index in [1.54, 1.807) is 7.05 Å². The van der Waals surface area contributed by atoms with Gasteiger partial charge in [-0.1, -0.05) is 0 Å². The molecule has 0 fully saturated rings. The van der Waals surface area contributed by atoms with Gasteiger partial charge in [-0.15, -0.1) is 0 Å². The van der Waals surface area contributed by atoms with E-state index in [9.17, 15) is 8.78 Å². The number of ether oxygens (including phenoxy) is 1. The maximum absolute atomic E-state index is 13.1. The summed E-state index contributed by atoms with van der Waals surface area (Å²) >= 11 is 0. The Hall–Kier alpha value is -2.51. The van der Waals surface area contributed by atoms with Crippen molar-refractivity contribution in [2.24, 2.45) is 0 Å². The van der Waals surface area contributed by atoms with Crippen molar-refractivity contribution in [2.75, 3.05) is 24.8 Å². The minimum atomic E-state index is -0.697. The number of anilines is 3. The van der Waals surface area contributed by atoms with Crippen LogP contribution in [-0.2, 0) is 0 Å². The molecule has 2 aromatic rings. The second-order valence-electron chi connectivity index (χ2n) is 3.50. The van der Waals surface area contributed by atoms with Crippen molar-refractivity contribution < 1.29 is 13.5 Å². The summed E-state index contributed by atoms with van der Waals surface area (Å²) in [6.07, 6.45) is 0. The van der Waals surface area contributed by atoms with Crippen LogP contribution in [0.1, 0.15) is 0 Å². The van der Waals surface area contributed by atoms with Gasteiger partial charge in [0.15, 0.2) is 0 Å². The highest BCUT2D eigenvalue weighted by Crippen LogP contribution is 2.18. The quantitative estimate of drug-likeness (QED) is 0.882. The average Bonchev–Trinajstić information content (AvgIpc) is 2.37. The van der Waals surface area contributed by atoms with Gasteiger partial charge in [-0.25, -0.2) is 8.78 Å². The lowest BCUT2D eigenvalue weighted by Crippen LogP contribution is -2.05. The molecule has 0 unspecified atom stereocenters. The Bertz CT molecular complexity index is 551. The van der Waals surface area contributed by atoms with Gasteiger partial charge in [-0.3, -0.25) is 0 Å². The van der Waals surface area contributed by atoms with Crippen LogP contribution < -0.4 is 15.4 Å². The zero-order chi connectivity index (χ0) is 13.8. The molecule has 0 aliphatic carbocycles. The molecule has 1 aromatic heterocycles. The fourth-order valence-corrected chi connectivity index (χ4v) is 1.37. The third-order valence-electron chi connectivity index (χ3n) is 2.14. The molecule has 0 bridgehead atoms. The topological polar surface area (TPSA) is 72.0 Å². The van der Waals surface area contributed by atoms with Crippen LogP contribution in [0, 0.1) is 11.6 Å². The van der Waals surface area contributed by atoms with Crippen molar-refractivity contribution >= 4 is 17.6 Å². The molecular formula is C11H11F2N5O. The van der Waals surface area contributed by atoms with Gasteiger partial charge in [0.2, 0.25) is 11.9 Å². The highest BCUT2D eigenvalue weighted by Gasteiger charge is 2.07. The summed E-state index contributed by atoms with van der Waals surface area (Å²) in [6.45, 7) is 0.